The standard InChI is InChI=1S/C23H23N3O3/c1-29-17-11-9-15(10-12-17)18-14-23(28)13-5-8-19(27)26(23)22-20(18)21(24-25-22)16-6-3-2-4-7-16/h2-4,6-7,9-12,18,28H,5,8,13-14H2,1H3,(H,24,25)/t18-,23+/m0/s1. The molecule has 148 valence electrons. The predicted molar refractivity (Wildman–Crippen MR) is 110 cm³/mol. The second-order valence-corrected chi connectivity index (χ2v) is 7.80. The Bertz CT molecular complexity index is 1040. The predicted octanol–water partition coefficient (Wildman–Crippen LogP) is 3.83. The van der Waals surface area contributed by atoms with Gasteiger partial charge >= 0.3 is 0 Å². The molecular formula is C23H23N3O3. The minimum Gasteiger partial charge on any atom is -0.497 e. The number of rotatable bonds is 3. The molecule has 0 saturated carbocycles. The molecule has 2 aliphatic rings. The van der Waals surface area contributed by atoms with Crippen LogP contribution in [0.5, 0.6) is 5.75 Å². The molecule has 6 heteroatoms. The highest BCUT2D eigenvalue weighted by atomic mass is 16.5. The van der Waals surface area contributed by atoms with Crippen molar-refractivity contribution in [3.8, 4) is 17.0 Å². The number of hydrogen-bond acceptors (Lipinski definition) is 4. The number of ether oxygens (including phenoxy) is 1. The van der Waals surface area contributed by atoms with Crippen LogP contribution >= 0.6 is 0 Å². The Morgan fingerprint density at radius 3 is 2.66 bits per heavy atom. The first-order chi connectivity index (χ1) is 14.1. The van der Waals surface area contributed by atoms with Gasteiger partial charge < -0.3 is 9.84 Å². The second kappa shape index (κ2) is 6.74. The number of amides is 1. The summed E-state index contributed by atoms with van der Waals surface area (Å²) in [7, 11) is 1.64. The fraction of sp³-hybridized carbons (Fsp3) is 0.304. The molecule has 3 heterocycles. The van der Waals surface area contributed by atoms with Crippen LogP contribution in [0.15, 0.2) is 54.6 Å². The molecule has 2 atom stereocenters. The van der Waals surface area contributed by atoms with Crippen LogP contribution in [0, 0.1) is 0 Å². The second-order valence-electron chi connectivity index (χ2n) is 7.80. The molecule has 1 saturated heterocycles. The number of H-pyrrole nitrogens is 1. The van der Waals surface area contributed by atoms with Crippen LogP contribution in [0.4, 0.5) is 5.82 Å². The average Bonchev–Trinajstić information content (AvgIpc) is 3.18. The Labute approximate surface area is 169 Å². The lowest BCUT2D eigenvalue weighted by atomic mass is 9.76. The smallest absolute Gasteiger partial charge is 0.230 e. The van der Waals surface area contributed by atoms with Gasteiger partial charge in [0.1, 0.15) is 11.5 Å². The Balaban J connectivity index is 1.70. The average molecular weight is 389 g/mol. The van der Waals surface area contributed by atoms with Crippen molar-refractivity contribution >= 4 is 11.7 Å². The van der Waals surface area contributed by atoms with Gasteiger partial charge in [0.25, 0.3) is 0 Å². The molecule has 2 N–H and O–H groups in total. The van der Waals surface area contributed by atoms with E-state index in [1.165, 1.54) is 4.90 Å². The number of carbonyl (C=O) groups is 1. The molecule has 0 spiro atoms. The molecule has 29 heavy (non-hydrogen) atoms. The van der Waals surface area contributed by atoms with Gasteiger partial charge in [-0.1, -0.05) is 42.5 Å². The number of aromatic amines is 1. The zero-order valence-electron chi connectivity index (χ0n) is 16.3. The lowest BCUT2D eigenvalue weighted by Gasteiger charge is -2.47. The third kappa shape index (κ3) is 2.83. The number of aromatic nitrogens is 2. The third-order valence-electron chi connectivity index (χ3n) is 6.09. The highest BCUT2D eigenvalue weighted by Gasteiger charge is 2.50. The topological polar surface area (TPSA) is 78.5 Å². The summed E-state index contributed by atoms with van der Waals surface area (Å²) in [5.41, 5.74) is 2.71. The molecule has 0 unspecified atom stereocenters. The third-order valence-corrected chi connectivity index (χ3v) is 6.09. The summed E-state index contributed by atoms with van der Waals surface area (Å²) in [5.74, 6) is 1.17. The number of hydrogen-bond donors (Lipinski definition) is 2. The first kappa shape index (κ1) is 17.9. The van der Waals surface area contributed by atoms with Gasteiger partial charge in [0.15, 0.2) is 5.82 Å². The van der Waals surface area contributed by atoms with E-state index in [-0.39, 0.29) is 11.8 Å². The SMILES string of the molecule is COc1ccc([C@@H]2C[C@]3(O)CCCC(=O)N3c3n[nH]c(-c4ccccc4)c32)cc1. The van der Waals surface area contributed by atoms with Crippen molar-refractivity contribution in [3.63, 3.8) is 0 Å². The number of aliphatic hydroxyl groups is 1. The van der Waals surface area contributed by atoms with E-state index in [0.717, 1.165) is 28.1 Å². The maximum atomic E-state index is 12.8. The Kier molecular flexibility index (Phi) is 4.17. The summed E-state index contributed by atoms with van der Waals surface area (Å²) in [6.45, 7) is 0. The maximum absolute atomic E-state index is 12.8. The minimum atomic E-state index is -1.21. The fourth-order valence-electron chi connectivity index (χ4n) is 4.70. The van der Waals surface area contributed by atoms with E-state index in [0.29, 0.717) is 31.5 Å². The number of benzene rings is 2. The number of piperidine rings is 1. The van der Waals surface area contributed by atoms with Crippen molar-refractivity contribution in [1.29, 1.82) is 0 Å². The van der Waals surface area contributed by atoms with Crippen molar-refractivity contribution in [1.82, 2.24) is 10.2 Å². The van der Waals surface area contributed by atoms with Gasteiger partial charge in [-0.2, -0.15) is 5.10 Å². The number of carbonyl (C=O) groups excluding carboxylic acids is 1. The van der Waals surface area contributed by atoms with E-state index < -0.39 is 5.72 Å². The molecular weight excluding hydrogens is 366 g/mol. The van der Waals surface area contributed by atoms with Gasteiger partial charge in [0, 0.05) is 24.3 Å². The van der Waals surface area contributed by atoms with E-state index in [9.17, 15) is 9.90 Å². The maximum Gasteiger partial charge on any atom is 0.230 e. The normalized spacial score (nSPS) is 23.4. The van der Waals surface area contributed by atoms with E-state index in [1.54, 1.807) is 7.11 Å². The highest BCUT2D eigenvalue weighted by Crippen LogP contribution is 2.51. The number of nitrogens with one attached hydrogen (secondary N) is 1. The molecule has 2 aromatic carbocycles. The quantitative estimate of drug-likeness (QED) is 0.714. The van der Waals surface area contributed by atoms with Crippen LogP contribution in [0.1, 0.15) is 42.7 Å². The summed E-state index contributed by atoms with van der Waals surface area (Å²) in [5, 5.41) is 19.1. The number of methoxy groups -OCH3 is 1. The monoisotopic (exact) mass is 389 g/mol. The largest absolute Gasteiger partial charge is 0.497 e. The molecule has 5 rings (SSSR count). The molecule has 6 nitrogen and oxygen atoms in total. The van der Waals surface area contributed by atoms with Crippen molar-refractivity contribution < 1.29 is 14.6 Å². The molecule has 1 aromatic heterocycles. The number of nitrogens with zero attached hydrogens (tertiary/aromatic N) is 2. The van der Waals surface area contributed by atoms with Crippen LogP contribution in [-0.4, -0.2) is 34.0 Å². The van der Waals surface area contributed by atoms with E-state index in [4.69, 9.17) is 4.74 Å². The van der Waals surface area contributed by atoms with E-state index in [1.807, 2.05) is 54.6 Å². The molecule has 3 aromatic rings. The summed E-state index contributed by atoms with van der Waals surface area (Å²) in [6, 6.07) is 17.9. The van der Waals surface area contributed by atoms with Gasteiger partial charge in [0.2, 0.25) is 5.91 Å². The van der Waals surface area contributed by atoms with Gasteiger partial charge in [-0.3, -0.25) is 14.8 Å². The van der Waals surface area contributed by atoms with Crippen molar-refractivity contribution in [3.05, 3.63) is 65.7 Å². The van der Waals surface area contributed by atoms with Crippen molar-refractivity contribution in [2.24, 2.45) is 0 Å². The fourth-order valence-corrected chi connectivity index (χ4v) is 4.70. The molecule has 1 fully saturated rings. The Hall–Kier alpha value is -3.12. The molecule has 0 radical (unpaired) electrons. The minimum absolute atomic E-state index is 0.0701. The van der Waals surface area contributed by atoms with E-state index >= 15 is 0 Å². The van der Waals surface area contributed by atoms with Crippen molar-refractivity contribution in [2.45, 2.75) is 37.3 Å². The lowest BCUT2D eigenvalue weighted by Crippen LogP contribution is -2.58. The summed E-state index contributed by atoms with van der Waals surface area (Å²) in [4.78, 5) is 14.3. The van der Waals surface area contributed by atoms with Crippen LogP contribution in [-0.2, 0) is 4.79 Å². The van der Waals surface area contributed by atoms with Crippen LogP contribution < -0.4 is 9.64 Å². The number of anilines is 1. The van der Waals surface area contributed by atoms with Gasteiger partial charge in [-0.25, -0.2) is 0 Å². The van der Waals surface area contributed by atoms with Crippen LogP contribution in [0.2, 0.25) is 0 Å². The van der Waals surface area contributed by atoms with E-state index in [2.05, 4.69) is 10.2 Å². The molecule has 2 aliphatic heterocycles. The van der Waals surface area contributed by atoms with Gasteiger partial charge in [-0.05, 0) is 36.1 Å². The van der Waals surface area contributed by atoms with Crippen molar-refractivity contribution in [2.75, 3.05) is 12.0 Å². The molecule has 1 amide bonds. The zero-order chi connectivity index (χ0) is 20.0. The zero-order valence-corrected chi connectivity index (χ0v) is 16.3. The highest BCUT2D eigenvalue weighted by molar-refractivity contribution is 5.97. The van der Waals surface area contributed by atoms with Crippen LogP contribution in [0.3, 0.4) is 0 Å². The Morgan fingerprint density at radius 1 is 1.17 bits per heavy atom. The lowest BCUT2D eigenvalue weighted by molar-refractivity contribution is -0.128. The summed E-state index contributed by atoms with van der Waals surface area (Å²) in [6.07, 6.45) is 2.12. The Morgan fingerprint density at radius 2 is 1.93 bits per heavy atom. The molecule has 0 bridgehead atoms. The first-order valence-corrected chi connectivity index (χ1v) is 9.94. The summed E-state index contributed by atoms with van der Waals surface area (Å²) >= 11 is 0. The molecule has 0 aliphatic carbocycles. The van der Waals surface area contributed by atoms with Gasteiger partial charge in [0.05, 0.1) is 12.8 Å². The van der Waals surface area contributed by atoms with Crippen LogP contribution in [0.25, 0.3) is 11.3 Å². The summed E-state index contributed by atoms with van der Waals surface area (Å²) < 4.78 is 5.30. The first-order valence-electron chi connectivity index (χ1n) is 9.94. The number of fused-ring (bicyclic) bond motifs is 3. The van der Waals surface area contributed by atoms with Gasteiger partial charge in [-0.15, -0.1) is 0 Å².